The molecule has 49 heavy (non-hydrogen) atoms. The van der Waals surface area contributed by atoms with E-state index in [9.17, 15) is 4.79 Å². The molecule has 3 aliphatic heterocycles. The summed E-state index contributed by atoms with van der Waals surface area (Å²) in [6, 6.07) is 13.3. The minimum absolute atomic E-state index is 0.0853. The molecule has 1 fully saturated rings. The molecule has 0 spiro atoms. The number of aromatic nitrogens is 2. The first-order valence-electron chi connectivity index (χ1n) is 17.5. The minimum atomic E-state index is -0.945. The van der Waals surface area contributed by atoms with Crippen LogP contribution in [0.15, 0.2) is 48.7 Å². The van der Waals surface area contributed by atoms with E-state index in [1.807, 2.05) is 84.1 Å². The maximum atomic E-state index is 15.8. The van der Waals surface area contributed by atoms with Gasteiger partial charge in [-0.3, -0.25) is 4.40 Å². The molecule has 2 atom stereocenters. The Labute approximate surface area is 289 Å². The standard InChI is InChI=1S/C40H50FN3O5/c1-25-20-30(41)35-29-14-11-13-28(23-29)31-24-44-33(42-31)22-26(2)34(36(38(45)46-8)49-39(4,5)6)37(44)43-17-15-40(7,16-18-43)47-19-10-9-12-27(3)48-32(35)21-25/h11,13-14,20-24,27,36H,9-10,12,15-19H2,1-8H3. The van der Waals surface area contributed by atoms with Crippen molar-refractivity contribution in [2.45, 2.75) is 104 Å². The Bertz CT molecular complexity index is 1840. The van der Waals surface area contributed by atoms with E-state index in [2.05, 4.69) is 16.2 Å². The van der Waals surface area contributed by atoms with Crippen LogP contribution in [0.3, 0.4) is 0 Å². The van der Waals surface area contributed by atoms with E-state index in [0.29, 0.717) is 23.5 Å². The number of pyridine rings is 1. The predicted octanol–water partition coefficient (Wildman–Crippen LogP) is 8.78. The first kappa shape index (κ1) is 34.9. The van der Waals surface area contributed by atoms with Crippen molar-refractivity contribution in [2.24, 2.45) is 0 Å². The molecule has 0 amide bonds. The van der Waals surface area contributed by atoms with Crippen molar-refractivity contribution in [1.29, 1.82) is 0 Å². The summed E-state index contributed by atoms with van der Waals surface area (Å²) >= 11 is 0. The smallest absolute Gasteiger partial charge is 0.339 e. The number of piperidine rings is 1. The molecule has 1 saturated heterocycles. The summed E-state index contributed by atoms with van der Waals surface area (Å²) < 4.78 is 42.6. The third-order valence-corrected chi connectivity index (χ3v) is 9.67. The number of methoxy groups -OCH3 is 1. The van der Waals surface area contributed by atoms with Crippen molar-refractivity contribution in [2.75, 3.05) is 31.7 Å². The fraction of sp³-hybridized carbons (Fsp3) is 0.500. The number of rotatable bonds is 3. The summed E-state index contributed by atoms with van der Waals surface area (Å²) in [7, 11) is 1.40. The summed E-state index contributed by atoms with van der Waals surface area (Å²) in [5, 5.41) is 0. The quantitative estimate of drug-likeness (QED) is 0.202. The van der Waals surface area contributed by atoms with Gasteiger partial charge in [-0.05, 0) is 122 Å². The molecule has 0 saturated carbocycles. The molecule has 0 aliphatic carbocycles. The Balaban J connectivity index is 1.55. The number of esters is 1. The van der Waals surface area contributed by atoms with E-state index < -0.39 is 17.7 Å². The number of benzene rings is 2. The maximum absolute atomic E-state index is 15.8. The lowest BCUT2D eigenvalue weighted by Gasteiger charge is -2.42. The first-order chi connectivity index (χ1) is 23.2. The van der Waals surface area contributed by atoms with E-state index in [1.54, 1.807) is 6.07 Å². The molecule has 4 aromatic rings. The summed E-state index contributed by atoms with van der Waals surface area (Å²) in [6.45, 7) is 16.1. The van der Waals surface area contributed by atoms with Crippen molar-refractivity contribution < 1.29 is 28.1 Å². The van der Waals surface area contributed by atoms with Crippen LogP contribution in [0.1, 0.15) is 89.5 Å². The second-order valence-corrected chi connectivity index (χ2v) is 15.0. The number of carbonyl (C=O) groups is 1. The van der Waals surface area contributed by atoms with Gasteiger partial charge < -0.3 is 23.8 Å². The second kappa shape index (κ2) is 13.8. The van der Waals surface area contributed by atoms with E-state index >= 15 is 4.39 Å². The lowest BCUT2D eigenvalue weighted by molar-refractivity contribution is -0.164. The van der Waals surface area contributed by atoms with Crippen molar-refractivity contribution in [3.63, 3.8) is 0 Å². The van der Waals surface area contributed by atoms with Crippen LogP contribution in [-0.4, -0.2) is 59.5 Å². The summed E-state index contributed by atoms with van der Waals surface area (Å²) in [6.07, 6.45) is 5.32. The molecule has 8 nitrogen and oxygen atoms in total. The number of hydrogen-bond acceptors (Lipinski definition) is 7. The van der Waals surface area contributed by atoms with Gasteiger partial charge in [0.2, 0.25) is 0 Å². The highest BCUT2D eigenvalue weighted by Crippen LogP contribution is 2.41. The van der Waals surface area contributed by atoms with Gasteiger partial charge in [-0.15, -0.1) is 0 Å². The lowest BCUT2D eigenvalue weighted by Crippen LogP contribution is -2.45. The Morgan fingerprint density at radius 2 is 1.82 bits per heavy atom. The Hall–Kier alpha value is -3.95. The average molecular weight is 672 g/mol. The fourth-order valence-corrected chi connectivity index (χ4v) is 7.10. The highest BCUT2D eigenvalue weighted by molar-refractivity contribution is 5.82. The summed E-state index contributed by atoms with van der Waals surface area (Å²) in [5.74, 6) is 0.619. The number of hydrogen-bond donors (Lipinski definition) is 0. The lowest BCUT2D eigenvalue weighted by atomic mass is 9.92. The van der Waals surface area contributed by atoms with E-state index in [0.717, 1.165) is 84.6 Å². The molecule has 262 valence electrons. The zero-order valence-electron chi connectivity index (χ0n) is 30.2. The van der Waals surface area contributed by atoms with Gasteiger partial charge in [0.05, 0.1) is 35.7 Å². The third kappa shape index (κ3) is 7.48. The van der Waals surface area contributed by atoms with E-state index in [1.165, 1.54) is 7.11 Å². The van der Waals surface area contributed by atoms with Crippen molar-refractivity contribution in [1.82, 2.24) is 9.38 Å². The van der Waals surface area contributed by atoms with Gasteiger partial charge in [-0.1, -0.05) is 18.2 Å². The molecule has 3 aliphatic rings. The average Bonchev–Trinajstić information content (AvgIpc) is 3.46. The number of aryl methyl sites for hydroxylation is 2. The van der Waals surface area contributed by atoms with Gasteiger partial charge in [-0.25, -0.2) is 14.2 Å². The van der Waals surface area contributed by atoms with Crippen molar-refractivity contribution in [3.8, 4) is 28.1 Å². The zero-order chi connectivity index (χ0) is 35.1. The van der Waals surface area contributed by atoms with Gasteiger partial charge in [-0.2, -0.15) is 0 Å². The topological polar surface area (TPSA) is 74.5 Å². The van der Waals surface area contributed by atoms with E-state index in [4.69, 9.17) is 23.9 Å². The predicted molar refractivity (Wildman–Crippen MR) is 191 cm³/mol. The second-order valence-electron chi connectivity index (χ2n) is 15.0. The largest absolute Gasteiger partial charge is 0.490 e. The Kier molecular flexibility index (Phi) is 9.79. The van der Waals surface area contributed by atoms with Crippen LogP contribution < -0.4 is 9.64 Å². The highest BCUT2D eigenvalue weighted by atomic mass is 19.1. The molecular weight excluding hydrogens is 621 g/mol. The number of imidazole rings is 1. The van der Waals surface area contributed by atoms with Crippen LogP contribution in [-0.2, 0) is 19.0 Å². The number of carbonyl (C=O) groups excluding carboxylic acids is 1. The maximum Gasteiger partial charge on any atom is 0.339 e. The number of nitrogens with zero attached hydrogens (tertiary/aromatic N) is 3. The normalized spacial score (nSPS) is 20.9. The van der Waals surface area contributed by atoms with Crippen LogP contribution in [0.5, 0.6) is 5.75 Å². The minimum Gasteiger partial charge on any atom is -0.490 e. The molecule has 5 heterocycles. The fourth-order valence-electron chi connectivity index (χ4n) is 7.10. The van der Waals surface area contributed by atoms with Crippen LogP contribution in [0.2, 0.25) is 0 Å². The van der Waals surface area contributed by atoms with Gasteiger partial charge in [0.15, 0.2) is 6.10 Å². The van der Waals surface area contributed by atoms with Crippen LogP contribution in [0, 0.1) is 19.7 Å². The van der Waals surface area contributed by atoms with Gasteiger partial charge in [0.1, 0.15) is 23.0 Å². The van der Waals surface area contributed by atoms with Crippen LogP contribution in [0.4, 0.5) is 10.2 Å². The number of ether oxygens (including phenoxy) is 4. The van der Waals surface area contributed by atoms with Crippen molar-refractivity contribution in [3.05, 3.63) is 71.2 Å². The molecule has 6 bridgehead atoms. The Morgan fingerprint density at radius 1 is 1.08 bits per heavy atom. The third-order valence-electron chi connectivity index (χ3n) is 9.67. The molecule has 2 aromatic carbocycles. The molecule has 0 radical (unpaired) electrons. The van der Waals surface area contributed by atoms with E-state index in [-0.39, 0.29) is 17.5 Å². The Morgan fingerprint density at radius 3 is 2.53 bits per heavy atom. The van der Waals surface area contributed by atoms with Crippen LogP contribution in [0.25, 0.3) is 28.0 Å². The highest BCUT2D eigenvalue weighted by Gasteiger charge is 2.37. The molecule has 2 aromatic heterocycles. The number of halogens is 1. The summed E-state index contributed by atoms with van der Waals surface area (Å²) in [4.78, 5) is 20.9. The molecule has 7 rings (SSSR count). The summed E-state index contributed by atoms with van der Waals surface area (Å²) in [5.41, 5.74) is 5.05. The molecular formula is C40H50FN3O5. The SMILES string of the molecule is COC(=O)C(OC(C)(C)C)c1c(C)cc2nc3cn2c1N1CCC(C)(CC1)OCCCCC(C)Oc1cc(C)cc(F)c1-c1cccc-3c1. The molecule has 9 heteroatoms. The van der Waals surface area contributed by atoms with Crippen LogP contribution >= 0.6 is 0 Å². The zero-order valence-corrected chi connectivity index (χ0v) is 30.2. The molecule has 2 unspecified atom stereocenters. The monoisotopic (exact) mass is 671 g/mol. The molecule has 0 N–H and O–H groups in total. The van der Waals surface area contributed by atoms with Gasteiger partial charge in [0.25, 0.3) is 0 Å². The van der Waals surface area contributed by atoms with Gasteiger partial charge >= 0.3 is 5.97 Å². The number of fused-ring (bicyclic) bond motifs is 8. The van der Waals surface area contributed by atoms with Gasteiger partial charge in [0, 0.05) is 37.0 Å². The first-order valence-corrected chi connectivity index (χ1v) is 17.5. The number of anilines is 1. The van der Waals surface area contributed by atoms with Crippen molar-refractivity contribution >= 4 is 17.4 Å².